The monoisotopic (exact) mass is 811 g/mol. The minimum atomic E-state index is -0.0138. The number of hydrogen-bond donors (Lipinski definition) is 2. The average molecular weight is 811 g/mol. The summed E-state index contributed by atoms with van der Waals surface area (Å²) in [6, 6.07) is 0. The van der Waals surface area contributed by atoms with Crippen LogP contribution >= 0.6 is 0 Å². The van der Waals surface area contributed by atoms with E-state index in [2.05, 4.69) is 43.1 Å². The second kappa shape index (κ2) is 50.3. The Kier molecular flexibility index (Phi) is 50.5. The van der Waals surface area contributed by atoms with Crippen molar-refractivity contribution in [2.24, 2.45) is 10.7 Å². The van der Waals surface area contributed by atoms with E-state index in [4.69, 9.17) is 20.0 Å². The molecule has 0 unspecified atom stereocenters. The third-order valence-corrected chi connectivity index (χ3v) is 10.8. The highest BCUT2D eigenvalue weighted by Gasteiger charge is 2.09. The lowest BCUT2D eigenvalue weighted by Crippen LogP contribution is -2.31. The molecule has 0 aromatic carbocycles. The van der Waals surface area contributed by atoms with Crippen LogP contribution in [0.5, 0.6) is 0 Å². The fourth-order valence-corrected chi connectivity index (χ4v) is 7.20. The van der Waals surface area contributed by atoms with Crippen LogP contribution in [-0.4, -0.2) is 69.3 Å². The van der Waals surface area contributed by atoms with E-state index in [1.807, 2.05) is 0 Å². The molecule has 3 N–H and O–H groups in total. The molecule has 0 heterocycles. The fourth-order valence-electron chi connectivity index (χ4n) is 7.20. The van der Waals surface area contributed by atoms with Gasteiger partial charge in [-0.1, -0.05) is 182 Å². The summed E-state index contributed by atoms with van der Waals surface area (Å²) in [7, 11) is 1.54. The number of nitrogens with zero attached hydrogens (tertiary/aromatic N) is 2. The summed E-state index contributed by atoms with van der Waals surface area (Å²) in [5, 5.41) is 0. The molecule has 9 heteroatoms. The Morgan fingerprint density at radius 1 is 0.579 bits per heavy atom. The number of hydrogen-bond acceptors (Lipinski definition) is 7. The van der Waals surface area contributed by atoms with Crippen molar-refractivity contribution in [3.8, 4) is 0 Å². The molecule has 0 aliphatic heterocycles. The molecule has 0 fully saturated rings. The van der Waals surface area contributed by atoms with Gasteiger partial charge in [-0.05, 0) is 77.4 Å². The number of nitrogens with two attached hydrogens (primary N) is 1. The van der Waals surface area contributed by atoms with Crippen LogP contribution in [0.2, 0.25) is 0 Å². The highest BCUT2D eigenvalue weighted by molar-refractivity contribution is 5.76. The number of esters is 1. The number of rotatable bonds is 44. The van der Waals surface area contributed by atoms with Crippen LogP contribution in [0.25, 0.3) is 0 Å². The van der Waals surface area contributed by atoms with E-state index in [1.54, 1.807) is 0 Å². The van der Waals surface area contributed by atoms with Crippen molar-refractivity contribution < 1.29 is 23.9 Å². The van der Waals surface area contributed by atoms with Crippen molar-refractivity contribution in [2.45, 2.75) is 252 Å². The maximum absolute atomic E-state index is 11.9. The van der Waals surface area contributed by atoms with Gasteiger partial charge in [0.2, 0.25) is 5.96 Å². The topological polar surface area (TPSA) is 115 Å². The van der Waals surface area contributed by atoms with Gasteiger partial charge < -0.3 is 20.1 Å². The van der Waals surface area contributed by atoms with Crippen molar-refractivity contribution in [3.05, 3.63) is 0 Å². The quantitative estimate of drug-likeness (QED) is 0.0156. The second-order valence-electron chi connectivity index (χ2n) is 16.4. The molecule has 0 spiro atoms. The molecule has 0 aromatic heterocycles. The van der Waals surface area contributed by atoms with E-state index < -0.39 is 0 Å². The number of carbonyl (C=O) groups is 2. The summed E-state index contributed by atoms with van der Waals surface area (Å²) in [6.45, 7) is 14.3. The molecule has 0 aromatic rings. The van der Waals surface area contributed by atoms with Crippen LogP contribution in [-0.2, 0) is 23.9 Å². The Morgan fingerprint density at radius 2 is 0.982 bits per heavy atom. The fraction of sp³-hybridized carbons (Fsp3) is 0.938. The molecule has 0 aliphatic carbocycles. The highest BCUT2D eigenvalue weighted by Crippen LogP contribution is 2.16. The Labute approximate surface area is 354 Å². The lowest BCUT2D eigenvalue weighted by atomic mass is 10.0. The van der Waals surface area contributed by atoms with Crippen LogP contribution in [0.15, 0.2) is 4.99 Å². The van der Waals surface area contributed by atoms with Crippen molar-refractivity contribution in [2.75, 3.05) is 39.9 Å². The highest BCUT2D eigenvalue weighted by atomic mass is 16.6. The van der Waals surface area contributed by atoms with Crippen LogP contribution in [0.1, 0.15) is 246 Å². The number of guanidine groups is 1. The van der Waals surface area contributed by atoms with Crippen molar-refractivity contribution in [1.82, 2.24) is 10.4 Å². The number of aliphatic imine (C=N–C) groups is 1. The summed E-state index contributed by atoms with van der Waals surface area (Å²) in [6.07, 6.45) is 41.9. The lowest BCUT2D eigenvalue weighted by molar-refractivity contribution is -0.144. The van der Waals surface area contributed by atoms with Crippen molar-refractivity contribution >= 4 is 18.4 Å². The molecule has 0 amide bonds. The zero-order valence-corrected chi connectivity index (χ0v) is 38.7. The predicted octanol–water partition coefficient (Wildman–Crippen LogP) is 13.2. The molecule has 0 radical (unpaired) electrons. The van der Waals surface area contributed by atoms with Crippen LogP contribution in [0.3, 0.4) is 0 Å². The van der Waals surface area contributed by atoms with E-state index >= 15 is 0 Å². The first-order valence-corrected chi connectivity index (χ1v) is 24.5. The van der Waals surface area contributed by atoms with E-state index in [0.29, 0.717) is 32.0 Å². The third kappa shape index (κ3) is 48.4. The normalized spacial score (nSPS) is 11.5. The number of ether oxygens (including phenoxy) is 2. The second-order valence-corrected chi connectivity index (χ2v) is 16.4. The maximum atomic E-state index is 11.9. The lowest BCUT2D eigenvalue weighted by Gasteiger charge is -2.22. The number of carbonyl (C=O) groups excluding carboxylic acids is 2. The Bertz CT molecular complexity index is 815. The number of nitrogens with one attached hydrogen (secondary N) is 1. The van der Waals surface area contributed by atoms with Crippen LogP contribution in [0, 0.1) is 0 Å². The Hall–Kier alpha value is -1.87. The van der Waals surface area contributed by atoms with E-state index in [9.17, 15) is 9.59 Å². The molecule has 340 valence electrons. The van der Waals surface area contributed by atoms with Gasteiger partial charge in [0, 0.05) is 13.0 Å². The van der Waals surface area contributed by atoms with Gasteiger partial charge in [-0.2, -0.15) is 0 Å². The SMILES string of the molecule is CCCCCCCCC(CCCCCCCC)OC=O.CCCCCCCCCOC(=O)CCCCCCCN(CCCCCCCC)CCCN=C(N)NOC. The standard InChI is InChI=1S/C30H62N4O3.C18H36O2/c1-4-6-8-10-12-17-21-28-37-29(35)23-18-14-13-16-20-26-34(25-19-15-11-9-7-5-2)27-22-24-32-30(31)33-36-3;1-3-5-7-9-11-13-15-18(20-17-19)16-14-12-10-8-6-4-2/h4-28H2,1-3H3,(H3,31,32,33);17-18H,3-16H2,1-2H3. The third-order valence-electron chi connectivity index (χ3n) is 10.8. The summed E-state index contributed by atoms with van der Waals surface area (Å²) < 4.78 is 10.6. The van der Waals surface area contributed by atoms with Gasteiger partial charge in [0.1, 0.15) is 6.10 Å². The summed E-state index contributed by atoms with van der Waals surface area (Å²) in [4.78, 5) is 34.1. The molecule has 0 saturated carbocycles. The van der Waals surface area contributed by atoms with E-state index in [0.717, 1.165) is 51.6 Å². The Balaban J connectivity index is 0. The molecule has 9 nitrogen and oxygen atoms in total. The first kappa shape index (κ1) is 57.2. The van der Waals surface area contributed by atoms with E-state index in [-0.39, 0.29) is 12.1 Å². The molecule has 57 heavy (non-hydrogen) atoms. The molecular formula is C48H98N4O5. The number of hydroxylamine groups is 1. The summed E-state index contributed by atoms with van der Waals surface area (Å²) in [5.41, 5.74) is 8.29. The van der Waals surface area contributed by atoms with Crippen LogP contribution < -0.4 is 11.2 Å². The minimum absolute atomic E-state index is 0.0138. The van der Waals surface area contributed by atoms with Gasteiger partial charge in [0.25, 0.3) is 6.47 Å². The van der Waals surface area contributed by atoms with Crippen molar-refractivity contribution in [1.29, 1.82) is 0 Å². The first-order chi connectivity index (χ1) is 28.0. The largest absolute Gasteiger partial charge is 0.466 e. The zero-order valence-electron chi connectivity index (χ0n) is 38.7. The van der Waals surface area contributed by atoms with Gasteiger partial charge in [-0.15, -0.1) is 0 Å². The van der Waals surface area contributed by atoms with Gasteiger partial charge in [-0.25, -0.2) is 5.48 Å². The Morgan fingerprint density at radius 3 is 1.44 bits per heavy atom. The minimum Gasteiger partial charge on any atom is -0.466 e. The zero-order chi connectivity index (χ0) is 42.1. The summed E-state index contributed by atoms with van der Waals surface area (Å²) >= 11 is 0. The van der Waals surface area contributed by atoms with Crippen molar-refractivity contribution in [3.63, 3.8) is 0 Å². The predicted molar refractivity (Wildman–Crippen MR) is 245 cm³/mol. The van der Waals surface area contributed by atoms with Gasteiger partial charge in [0.15, 0.2) is 0 Å². The first-order valence-electron chi connectivity index (χ1n) is 24.5. The molecule has 0 aliphatic rings. The maximum Gasteiger partial charge on any atom is 0.305 e. The van der Waals surface area contributed by atoms with Gasteiger partial charge >= 0.3 is 5.97 Å². The van der Waals surface area contributed by atoms with Crippen LogP contribution in [0.4, 0.5) is 0 Å². The van der Waals surface area contributed by atoms with Gasteiger partial charge in [-0.3, -0.25) is 19.4 Å². The smallest absolute Gasteiger partial charge is 0.305 e. The molecule has 0 bridgehead atoms. The molecule has 0 atom stereocenters. The molecule has 0 saturated heterocycles. The molecule has 0 rings (SSSR count). The van der Waals surface area contributed by atoms with Gasteiger partial charge in [0.05, 0.1) is 13.7 Å². The average Bonchev–Trinajstić information content (AvgIpc) is 3.21. The summed E-state index contributed by atoms with van der Waals surface area (Å²) in [5.74, 6) is 0.326. The number of unbranched alkanes of at least 4 members (excludes halogenated alkanes) is 25. The molecular weight excluding hydrogens is 713 g/mol. The van der Waals surface area contributed by atoms with E-state index in [1.165, 1.54) is 187 Å².